The minimum atomic E-state index is -3.94. The molecule has 3 N–H and O–H groups in total. The van der Waals surface area contributed by atoms with Crippen molar-refractivity contribution in [1.29, 1.82) is 0 Å². The van der Waals surface area contributed by atoms with Crippen LogP contribution < -0.4 is 19.9 Å². The first-order chi connectivity index (χ1) is 25.2. The average molecular weight is 780 g/mol. The first-order valence-corrected chi connectivity index (χ1v) is 20.9. The van der Waals surface area contributed by atoms with Crippen molar-refractivity contribution in [2.45, 2.75) is 110 Å². The number of amides is 2. The summed E-state index contributed by atoms with van der Waals surface area (Å²) >= 11 is 1.50. The van der Waals surface area contributed by atoms with Gasteiger partial charge in [-0.3, -0.25) is 19.1 Å². The van der Waals surface area contributed by atoms with Crippen LogP contribution >= 0.6 is 11.3 Å². The monoisotopic (exact) mass is 779 g/mol. The zero-order valence-corrected chi connectivity index (χ0v) is 34.3. The van der Waals surface area contributed by atoms with Crippen LogP contribution in [0.3, 0.4) is 0 Å². The van der Waals surface area contributed by atoms with E-state index < -0.39 is 67.4 Å². The molecule has 2 aromatic heterocycles. The summed E-state index contributed by atoms with van der Waals surface area (Å²) in [6.07, 6.45) is 1.89. The van der Waals surface area contributed by atoms with Crippen molar-refractivity contribution in [2.75, 3.05) is 13.7 Å². The second kappa shape index (κ2) is 14.0. The molecule has 0 spiro atoms. The molecule has 14 heteroatoms. The van der Waals surface area contributed by atoms with Gasteiger partial charge in [-0.15, -0.1) is 17.9 Å². The van der Waals surface area contributed by atoms with Gasteiger partial charge in [0.15, 0.2) is 5.78 Å². The molecule has 1 aliphatic heterocycles. The number of hydrogen-bond acceptors (Lipinski definition) is 11. The maximum absolute atomic E-state index is 14.6. The van der Waals surface area contributed by atoms with Crippen molar-refractivity contribution in [2.24, 2.45) is 28.4 Å². The number of pyridine rings is 1. The second-order valence-electron chi connectivity index (χ2n) is 17.1. The Labute approximate surface area is 322 Å². The Bertz CT molecular complexity index is 2120. The highest BCUT2D eigenvalue weighted by Gasteiger charge is 2.63. The third kappa shape index (κ3) is 7.05. The van der Waals surface area contributed by atoms with E-state index in [1.54, 1.807) is 20.1 Å². The summed E-state index contributed by atoms with van der Waals surface area (Å²) < 4.78 is 39.9. The van der Waals surface area contributed by atoms with Gasteiger partial charge < -0.3 is 20.1 Å². The van der Waals surface area contributed by atoms with Gasteiger partial charge in [0.1, 0.15) is 28.3 Å². The molecular formula is C40H53N5O7S2. The number of nitrogens with one attached hydrogen (secondary N) is 1. The minimum Gasteiger partial charge on any atom is -0.496 e. The van der Waals surface area contributed by atoms with Crippen molar-refractivity contribution >= 4 is 49.9 Å². The fraction of sp³-hybridized carbons (Fsp3) is 0.575. The molecule has 1 saturated heterocycles. The molecule has 54 heavy (non-hydrogen) atoms. The van der Waals surface area contributed by atoms with Crippen LogP contribution in [0.2, 0.25) is 0 Å². The molecule has 0 radical (unpaired) electrons. The molecule has 3 fully saturated rings. The maximum Gasteiger partial charge on any atom is 0.240 e. The number of methoxy groups -OCH3 is 1. The second-order valence-corrected chi connectivity index (χ2v) is 20.1. The molecule has 2 saturated carbocycles. The van der Waals surface area contributed by atoms with Gasteiger partial charge >= 0.3 is 0 Å². The standard InChI is InChI=1S/C40H53N5O7S2/c1-11-24-17-40(24,37(48)44-54(49,50)39(9)14-15-39)18-28(46)33-23(5)31(19-45(33)36(47)34(41)38(6,7)8)52-30-16-26(35-43-27(20-53-35)21(2)3)42-32-22(4)29(51-10)13-12-25(30)32/h11-13,16,20-21,23-24,31,33-34H,1,14-15,17-19,41H2,2-10H3,(H,44,48)/t23-,24-,31+,33+,34-,40-/m1/s1. The molecule has 2 amide bonds. The normalized spacial score (nSPS) is 25.4. The van der Waals surface area contributed by atoms with Crippen LogP contribution in [0, 0.1) is 29.6 Å². The van der Waals surface area contributed by atoms with E-state index in [1.807, 2.05) is 58.2 Å². The maximum atomic E-state index is 14.6. The number of carbonyl (C=O) groups is 3. The van der Waals surface area contributed by atoms with Gasteiger partial charge in [0.25, 0.3) is 0 Å². The van der Waals surface area contributed by atoms with Crippen molar-refractivity contribution in [1.82, 2.24) is 19.6 Å². The van der Waals surface area contributed by atoms with Crippen molar-refractivity contribution in [3.05, 3.63) is 47.5 Å². The molecule has 0 bridgehead atoms. The lowest BCUT2D eigenvalue weighted by atomic mass is 9.85. The lowest BCUT2D eigenvalue weighted by molar-refractivity contribution is -0.142. The summed E-state index contributed by atoms with van der Waals surface area (Å²) in [5, 5.41) is 3.49. The van der Waals surface area contributed by atoms with Crippen LogP contribution in [-0.2, 0) is 24.4 Å². The summed E-state index contributed by atoms with van der Waals surface area (Å²) in [6.45, 7) is 19.1. The number of rotatable bonds is 13. The summed E-state index contributed by atoms with van der Waals surface area (Å²) in [7, 11) is -2.33. The van der Waals surface area contributed by atoms with Gasteiger partial charge in [0.2, 0.25) is 21.8 Å². The number of thiazole rings is 1. The Hall–Kier alpha value is -3.88. The zero-order chi connectivity index (χ0) is 39.7. The largest absolute Gasteiger partial charge is 0.496 e. The number of nitrogens with zero attached hydrogens (tertiary/aromatic N) is 3. The predicted octanol–water partition coefficient (Wildman–Crippen LogP) is 5.92. The lowest BCUT2D eigenvalue weighted by Gasteiger charge is -2.33. The third-order valence-corrected chi connectivity index (χ3v) is 14.8. The van der Waals surface area contributed by atoms with Gasteiger partial charge in [-0.05, 0) is 62.5 Å². The predicted molar refractivity (Wildman–Crippen MR) is 210 cm³/mol. The van der Waals surface area contributed by atoms with Crippen molar-refractivity contribution in [3.63, 3.8) is 0 Å². The SMILES string of the molecule is C=C[C@@H]1C[C@]1(CC(=O)[C@@H]1[C@H](C)[C@@H](Oc2cc(-c3nc(C(C)C)cs3)nc3c(C)c(OC)ccc23)CN1C(=O)[C@@H](N)C(C)(C)C)C(=O)NS(=O)(=O)C1(C)CC1. The number of hydrogen-bond donors (Lipinski definition) is 2. The third-order valence-electron chi connectivity index (χ3n) is 11.8. The summed E-state index contributed by atoms with van der Waals surface area (Å²) in [4.78, 5) is 53.9. The number of aromatic nitrogens is 2. The van der Waals surface area contributed by atoms with E-state index in [0.717, 1.165) is 21.7 Å². The molecule has 3 aromatic rings. The molecule has 3 heterocycles. The van der Waals surface area contributed by atoms with Gasteiger partial charge in [-0.1, -0.05) is 47.6 Å². The van der Waals surface area contributed by atoms with E-state index in [0.29, 0.717) is 35.6 Å². The van der Waals surface area contributed by atoms with E-state index in [2.05, 4.69) is 25.1 Å². The number of allylic oxidation sites excluding steroid dienone is 1. The van der Waals surface area contributed by atoms with Crippen molar-refractivity contribution < 1.29 is 32.3 Å². The highest BCUT2D eigenvalue weighted by molar-refractivity contribution is 7.91. The number of carbonyl (C=O) groups excluding carboxylic acids is 3. The number of likely N-dealkylation sites (tertiary alicyclic amines) is 1. The average Bonchev–Trinajstić information content (AvgIpc) is 3.92. The van der Waals surface area contributed by atoms with Crippen LogP contribution in [0.25, 0.3) is 21.6 Å². The quantitative estimate of drug-likeness (QED) is 0.199. The van der Waals surface area contributed by atoms with Crippen LogP contribution in [0.5, 0.6) is 11.5 Å². The van der Waals surface area contributed by atoms with Gasteiger partial charge in [-0.2, -0.15) is 0 Å². The van der Waals surface area contributed by atoms with E-state index in [-0.39, 0.29) is 31.1 Å². The van der Waals surface area contributed by atoms with E-state index in [9.17, 15) is 22.8 Å². The summed E-state index contributed by atoms with van der Waals surface area (Å²) in [6, 6.07) is 3.69. The number of fused-ring (bicyclic) bond motifs is 1. The van der Waals surface area contributed by atoms with E-state index >= 15 is 0 Å². The van der Waals surface area contributed by atoms with Crippen LogP contribution in [0.4, 0.5) is 0 Å². The number of benzene rings is 1. The molecule has 12 nitrogen and oxygen atoms in total. The van der Waals surface area contributed by atoms with Crippen LogP contribution in [-0.4, -0.2) is 77.5 Å². The number of nitrogens with two attached hydrogens (primary N) is 1. The number of aryl methyl sites for hydroxylation is 1. The Morgan fingerprint density at radius 2 is 1.87 bits per heavy atom. The van der Waals surface area contributed by atoms with E-state index in [1.165, 1.54) is 16.2 Å². The highest BCUT2D eigenvalue weighted by atomic mass is 32.2. The topological polar surface area (TPSA) is 171 Å². The van der Waals surface area contributed by atoms with Crippen molar-refractivity contribution in [3.8, 4) is 22.2 Å². The Morgan fingerprint density at radius 3 is 2.43 bits per heavy atom. The van der Waals surface area contributed by atoms with E-state index in [4.69, 9.17) is 25.2 Å². The van der Waals surface area contributed by atoms with Gasteiger partial charge in [-0.25, -0.2) is 18.4 Å². The van der Waals surface area contributed by atoms with Crippen LogP contribution in [0.1, 0.15) is 91.3 Å². The fourth-order valence-corrected chi connectivity index (χ4v) is 9.66. The summed E-state index contributed by atoms with van der Waals surface area (Å²) in [5.74, 6) is -0.963. The number of ketones is 1. The first kappa shape index (κ1) is 39.8. The number of ether oxygens (including phenoxy) is 2. The van der Waals surface area contributed by atoms with Gasteiger partial charge in [0.05, 0.1) is 47.1 Å². The smallest absolute Gasteiger partial charge is 0.240 e. The molecule has 0 unspecified atom stereocenters. The molecule has 3 aliphatic rings. The molecule has 6 atom stereocenters. The molecular weight excluding hydrogens is 727 g/mol. The van der Waals surface area contributed by atoms with Crippen LogP contribution in [0.15, 0.2) is 36.2 Å². The highest BCUT2D eigenvalue weighted by Crippen LogP contribution is 2.57. The molecule has 1 aromatic carbocycles. The fourth-order valence-electron chi connectivity index (χ4n) is 7.38. The first-order valence-electron chi connectivity index (χ1n) is 18.6. The Morgan fingerprint density at radius 1 is 1.19 bits per heavy atom. The summed E-state index contributed by atoms with van der Waals surface area (Å²) in [5.41, 5.74) is 7.72. The molecule has 2 aliphatic carbocycles. The Balaban J connectivity index is 1.36. The number of Topliss-reactive ketones (excluding diaryl/α,β-unsaturated/α-hetero) is 1. The zero-order valence-electron chi connectivity index (χ0n) is 32.7. The number of sulfonamides is 1. The Kier molecular flexibility index (Phi) is 10.3. The van der Waals surface area contributed by atoms with Gasteiger partial charge in [0, 0.05) is 34.7 Å². The molecule has 6 rings (SSSR count). The molecule has 292 valence electrons. The lowest BCUT2D eigenvalue weighted by Crippen LogP contribution is -2.54. The minimum absolute atomic E-state index is 0.0695.